The Balaban J connectivity index is 1.35. The lowest BCUT2D eigenvalue weighted by Gasteiger charge is -2.18. The molecule has 3 rings (SSSR count). The highest BCUT2D eigenvalue weighted by Crippen LogP contribution is 2.23. The van der Waals surface area contributed by atoms with Crippen molar-refractivity contribution in [2.24, 2.45) is 0 Å². The van der Waals surface area contributed by atoms with Crippen molar-refractivity contribution in [1.29, 1.82) is 0 Å². The van der Waals surface area contributed by atoms with E-state index in [1.54, 1.807) is 19.1 Å². The summed E-state index contributed by atoms with van der Waals surface area (Å²) in [6.45, 7) is 2.27. The molecule has 0 radical (unpaired) electrons. The molecule has 11 heteroatoms. The molecule has 0 saturated carbocycles. The van der Waals surface area contributed by atoms with Crippen molar-refractivity contribution in [3.05, 3.63) is 88.8 Å². The average Bonchev–Trinajstić information content (AvgIpc) is 3.38. The number of benzene rings is 2. The van der Waals surface area contributed by atoms with Crippen molar-refractivity contribution in [2.75, 3.05) is 25.5 Å². The summed E-state index contributed by atoms with van der Waals surface area (Å²) in [4.78, 5) is 50.8. The molecule has 10 nitrogen and oxygen atoms in total. The van der Waals surface area contributed by atoms with Crippen LogP contribution in [0.4, 0.5) is 14.6 Å². The van der Waals surface area contributed by atoms with Crippen molar-refractivity contribution in [1.82, 2.24) is 20.9 Å². The zero-order valence-corrected chi connectivity index (χ0v) is 22.0. The first-order valence-electron chi connectivity index (χ1n) is 12.0. The summed E-state index contributed by atoms with van der Waals surface area (Å²) in [7, 11) is 1.52. The van der Waals surface area contributed by atoms with Crippen molar-refractivity contribution >= 4 is 40.3 Å². The van der Waals surface area contributed by atoms with Crippen molar-refractivity contribution in [2.45, 2.75) is 26.1 Å². The summed E-state index contributed by atoms with van der Waals surface area (Å²) in [5, 5.41) is 11.3. The van der Waals surface area contributed by atoms with Gasteiger partial charge in [-0.1, -0.05) is 60.7 Å². The fourth-order valence-corrected chi connectivity index (χ4v) is 4.17. The summed E-state index contributed by atoms with van der Waals surface area (Å²) in [5.41, 5.74) is 1.84. The summed E-state index contributed by atoms with van der Waals surface area (Å²) >= 11 is 1.12. The normalized spacial score (nSPS) is 11.1. The van der Waals surface area contributed by atoms with Gasteiger partial charge >= 0.3 is 12.1 Å². The molecular weight excluding hydrogens is 506 g/mol. The number of ether oxygens (including phenoxy) is 1. The SMILES string of the molecule is C[C@@H](CNC(=O)CN(C)C(=O)c1ccc(NC(=O)NCc2ccccc2)s1)NC(=O)OCc1ccccc1. The summed E-state index contributed by atoms with van der Waals surface area (Å²) in [6.07, 6.45) is -0.584. The minimum Gasteiger partial charge on any atom is -0.445 e. The van der Waals surface area contributed by atoms with Crippen LogP contribution in [-0.2, 0) is 22.7 Å². The van der Waals surface area contributed by atoms with Gasteiger partial charge in [-0.25, -0.2) is 9.59 Å². The first-order chi connectivity index (χ1) is 18.3. The quantitative estimate of drug-likeness (QED) is 0.297. The minimum absolute atomic E-state index is 0.150. The summed E-state index contributed by atoms with van der Waals surface area (Å²) < 4.78 is 5.17. The van der Waals surface area contributed by atoms with Crippen LogP contribution < -0.4 is 21.3 Å². The Morgan fingerprint density at radius 2 is 1.55 bits per heavy atom. The van der Waals surface area contributed by atoms with E-state index in [2.05, 4.69) is 21.3 Å². The monoisotopic (exact) mass is 537 g/mol. The molecule has 1 aromatic heterocycles. The van der Waals surface area contributed by atoms with Crippen molar-refractivity contribution < 1.29 is 23.9 Å². The van der Waals surface area contributed by atoms with E-state index in [0.717, 1.165) is 22.5 Å². The van der Waals surface area contributed by atoms with Crippen LogP contribution in [0.5, 0.6) is 0 Å². The maximum Gasteiger partial charge on any atom is 0.407 e. The highest BCUT2D eigenvalue weighted by Gasteiger charge is 2.18. The molecule has 0 fully saturated rings. The van der Waals surface area contributed by atoms with Crippen LogP contribution in [0.1, 0.15) is 27.7 Å². The fourth-order valence-electron chi connectivity index (χ4n) is 3.27. The maximum absolute atomic E-state index is 12.7. The molecule has 0 aliphatic rings. The predicted octanol–water partition coefficient (Wildman–Crippen LogP) is 3.57. The molecule has 1 heterocycles. The average molecular weight is 538 g/mol. The highest BCUT2D eigenvalue weighted by molar-refractivity contribution is 7.18. The number of nitrogens with one attached hydrogen (secondary N) is 4. The van der Waals surface area contributed by atoms with Crippen molar-refractivity contribution in [3.8, 4) is 0 Å². The second kappa shape index (κ2) is 14.4. The fraction of sp³-hybridized carbons (Fsp3) is 0.259. The second-order valence-corrected chi connectivity index (χ2v) is 9.61. The van der Waals surface area contributed by atoms with Crippen LogP contribution in [0.15, 0.2) is 72.8 Å². The van der Waals surface area contributed by atoms with Gasteiger partial charge in [0, 0.05) is 26.2 Å². The largest absolute Gasteiger partial charge is 0.445 e. The zero-order valence-electron chi connectivity index (χ0n) is 21.2. The Morgan fingerprint density at radius 1 is 0.895 bits per heavy atom. The van der Waals surface area contributed by atoms with E-state index in [0.29, 0.717) is 16.4 Å². The van der Waals surface area contributed by atoms with E-state index in [4.69, 9.17) is 4.74 Å². The molecule has 1 atom stereocenters. The molecule has 2 aromatic carbocycles. The summed E-state index contributed by atoms with van der Waals surface area (Å²) in [5.74, 6) is -0.721. The van der Waals surface area contributed by atoms with Crippen LogP contribution >= 0.6 is 11.3 Å². The number of rotatable bonds is 11. The van der Waals surface area contributed by atoms with Crippen LogP contribution in [-0.4, -0.2) is 55.0 Å². The number of alkyl carbamates (subject to hydrolysis) is 1. The standard InChI is InChI=1S/C27H31N5O5S/c1-19(30-27(36)37-18-21-11-7-4-8-12-21)15-28-23(33)17-32(2)25(34)22-13-14-24(38-22)31-26(35)29-16-20-9-5-3-6-10-20/h3-14,19H,15-18H2,1-2H3,(H,28,33)(H,30,36)(H2,29,31,35)/t19-/m0/s1. The summed E-state index contributed by atoms with van der Waals surface area (Å²) in [6, 6.07) is 21.3. The number of nitrogens with zero attached hydrogens (tertiary/aromatic N) is 1. The van der Waals surface area contributed by atoms with Gasteiger partial charge < -0.3 is 25.6 Å². The van der Waals surface area contributed by atoms with E-state index in [1.807, 2.05) is 60.7 Å². The van der Waals surface area contributed by atoms with Crippen molar-refractivity contribution in [3.63, 3.8) is 0 Å². The van der Waals surface area contributed by atoms with Crippen LogP contribution in [0.2, 0.25) is 0 Å². The Bertz CT molecular complexity index is 1220. The molecule has 38 heavy (non-hydrogen) atoms. The number of likely N-dealkylation sites (N-methyl/N-ethyl adjacent to an activating group) is 1. The van der Waals surface area contributed by atoms with E-state index < -0.39 is 6.09 Å². The third kappa shape index (κ3) is 9.58. The number of carbonyl (C=O) groups is 4. The lowest BCUT2D eigenvalue weighted by Crippen LogP contribution is -2.45. The molecule has 3 aromatic rings. The molecular formula is C27H31N5O5S. The Morgan fingerprint density at radius 3 is 2.24 bits per heavy atom. The van der Waals surface area contributed by atoms with Gasteiger partial charge in [0.05, 0.1) is 16.4 Å². The van der Waals surface area contributed by atoms with Crippen LogP contribution in [0.3, 0.4) is 0 Å². The molecule has 0 saturated heterocycles. The molecule has 5 amide bonds. The van der Waals surface area contributed by atoms with Gasteiger partial charge in [0.15, 0.2) is 0 Å². The molecule has 0 spiro atoms. The van der Waals surface area contributed by atoms with Crippen LogP contribution in [0, 0.1) is 0 Å². The Hall–Kier alpha value is -4.38. The molecule has 0 aliphatic carbocycles. The van der Waals surface area contributed by atoms with E-state index in [1.165, 1.54) is 11.9 Å². The smallest absolute Gasteiger partial charge is 0.407 e. The molecule has 4 N–H and O–H groups in total. The Labute approximate surface area is 225 Å². The number of hydrogen-bond acceptors (Lipinski definition) is 6. The Kier molecular flexibility index (Phi) is 10.7. The second-order valence-electron chi connectivity index (χ2n) is 8.53. The number of anilines is 1. The molecule has 200 valence electrons. The maximum atomic E-state index is 12.7. The van der Waals surface area contributed by atoms with Gasteiger partial charge in [-0.15, -0.1) is 11.3 Å². The van der Waals surface area contributed by atoms with Gasteiger partial charge in [0.25, 0.3) is 5.91 Å². The number of carbonyl (C=O) groups excluding carboxylic acids is 4. The first-order valence-corrected chi connectivity index (χ1v) is 12.8. The topological polar surface area (TPSA) is 129 Å². The van der Waals surface area contributed by atoms with Gasteiger partial charge in [-0.05, 0) is 30.2 Å². The molecule has 0 bridgehead atoms. The minimum atomic E-state index is -0.584. The number of amides is 5. The predicted molar refractivity (Wildman–Crippen MR) is 146 cm³/mol. The van der Waals surface area contributed by atoms with Gasteiger partial charge in [-0.2, -0.15) is 0 Å². The number of thiophene rings is 1. The van der Waals surface area contributed by atoms with E-state index >= 15 is 0 Å². The highest BCUT2D eigenvalue weighted by atomic mass is 32.1. The van der Waals surface area contributed by atoms with E-state index in [-0.39, 0.29) is 43.6 Å². The lowest BCUT2D eigenvalue weighted by molar-refractivity contribution is -0.121. The molecule has 0 aliphatic heterocycles. The van der Waals surface area contributed by atoms with Gasteiger partial charge in [-0.3, -0.25) is 14.9 Å². The molecule has 0 unspecified atom stereocenters. The first kappa shape index (κ1) is 28.2. The van der Waals surface area contributed by atoms with Gasteiger partial charge in [0.1, 0.15) is 6.61 Å². The number of urea groups is 1. The number of hydrogen-bond donors (Lipinski definition) is 4. The third-order valence-electron chi connectivity index (χ3n) is 5.26. The third-order valence-corrected chi connectivity index (χ3v) is 6.25. The zero-order chi connectivity index (χ0) is 27.3. The van der Waals surface area contributed by atoms with Gasteiger partial charge in [0.2, 0.25) is 5.91 Å². The van der Waals surface area contributed by atoms with Crippen LogP contribution in [0.25, 0.3) is 0 Å². The van der Waals surface area contributed by atoms with E-state index in [9.17, 15) is 19.2 Å². The lowest BCUT2D eigenvalue weighted by atomic mass is 10.2.